The highest BCUT2D eigenvalue weighted by molar-refractivity contribution is 6.09. The normalized spacial score (nSPS) is 17.3. The highest BCUT2D eigenvalue weighted by atomic mass is 19.1. The van der Waals surface area contributed by atoms with Gasteiger partial charge in [-0.15, -0.1) is 0 Å². The van der Waals surface area contributed by atoms with Gasteiger partial charge in [-0.2, -0.15) is 0 Å². The summed E-state index contributed by atoms with van der Waals surface area (Å²) in [7, 11) is 0. The van der Waals surface area contributed by atoms with Crippen LogP contribution >= 0.6 is 0 Å². The first kappa shape index (κ1) is 15.1. The molecule has 2 aromatic rings. The average molecular weight is 313 g/mol. The van der Waals surface area contributed by atoms with Crippen molar-refractivity contribution in [3.63, 3.8) is 0 Å². The van der Waals surface area contributed by atoms with Crippen molar-refractivity contribution >= 4 is 17.5 Å². The molecule has 1 unspecified atom stereocenters. The number of amides is 2. The third kappa shape index (κ3) is 3.36. The zero-order valence-corrected chi connectivity index (χ0v) is 12.4. The molecule has 1 aromatic heterocycles. The number of aromatic nitrogens is 1. The average Bonchev–Trinajstić information content (AvgIpc) is 2.96. The third-order valence-electron chi connectivity index (χ3n) is 3.83. The van der Waals surface area contributed by atoms with E-state index >= 15 is 0 Å². The van der Waals surface area contributed by atoms with Crippen LogP contribution in [0.25, 0.3) is 0 Å². The van der Waals surface area contributed by atoms with Crippen molar-refractivity contribution in [3.05, 3.63) is 60.2 Å². The Morgan fingerprint density at radius 2 is 2.04 bits per heavy atom. The van der Waals surface area contributed by atoms with Gasteiger partial charge in [0.25, 0.3) is 0 Å². The Morgan fingerprint density at radius 3 is 2.74 bits per heavy atom. The fraction of sp³-hybridized carbons (Fsp3) is 0.235. The summed E-state index contributed by atoms with van der Waals surface area (Å²) < 4.78 is 13.0. The molecule has 1 aliphatic heterocycles. The van der Waals surface area contributed by atoms with Crippen LogP contribution in [0.2, 0.25) is 0 Å². The Balaban J connectivity index is 1.62. The SMILES string of the molecule is O=C(NCc1ccccn1)C1CCN(c2ccc(F)cc2)C1=O. The second-order valence-corrected chi connectivity index (χ2v) is 5.35. The molecule has 6 heteroatoms. The van der Waals surface area contributed by atoms with Crippen LogP contribution in [-0.4, -0.2) is 23.3 Å². The highest BCUT2D eigenvalue weighted by Gasteiger charge is 2.37. The molecule has 0 aliphatic carbocycles. The minimum atomic E-state index is -0.705. The lowest BCUT2D eigenvalue weighted by Crippen LogP contribution is -2.36. The van der Waals surface area contributed by atoms with Gasteiger partial charge in [-0.05, 0) is 42.8 Å². The van der Waals surface area contributed by atoms with Crippen molar-refractivity contribution in [1.29, 1.82) is 0 Å². The molecule has 118 valence electrons. The number of nitrogens with one attached hydrogen (secondary N) is 1. The first-order valence-electron chi connectivity index (χ1n) is 7.40. The summed E-state index contributed by atoms with van der Waals surface area (Å²) in [5, 5.41) is 2.74. The zero-order valence-electron chi connectivity index (χ0n) is 12.4. The van der Waals surface area contributed by atoms with Crippen LogP contribution in [-0.2, 0) is 16.1 Å². The van der Waals surface area contributed by atoms with Crippen LogP contribution in [0.3, 0.4) is 0 Å². The molecule has 0 radical (unpaired) electrons. The van der Waals surface area contributed by atoms with Gasteiger partial charge in [-0.1, -0.05) is 6.07 Å². The number of halogens is 1. The Hall–Kier alpha value is -2.76. The smallest absolute Gasteiger partial charge is 0.239 e. The zero-order chi connectivity index (χ0) is 16.2. The Kier molecular flexibility index (Phi) is 4.32. The van der Waals surface area contributed by atoms with Crippen LogP contribution in [0.4, 0.5) is 10.1 Å². The number of rotatable bonds is 4. The van der Waals surface area contributed by atoms with Crippen LogP contribution < -0.4 is 10.2 Å². The molecule has 1 atom stereocenters. The molecular formula is C17H16FN3O2. The maximum atomic E-state index is 13.0. The summed E-state index contributed by atoms with van der Waals surface area (Å²) in [6.45, 7) is 0.742. The summed E-state index contributed by atoms with van der Waals surface area (Å²) in [5.74, 6) is -1.62. The molecule has 1 saturated heterocycles. The molecule has 1 aromatic carbocycles. The van der Waals surface area contributed by atoms with Gasteiger partial charge in [-0.25, -0.2) is 4.39 Å². The van der Waals surface area contributed by atoms with Crippen LogP contribution in [0.15, 0.2) is 48.7 Å². The molecule has 1 N–H and O–H groups in total. The molecule has 2 amide bonds. The standard InChI is InChI=1S/C17H16FN3O2/c18-12-4-6-14(7-5-12)21-10-8-15(17(21)23)16(22)20-11-13-3-1-2-9-19-13/h1-7,9,15H,8,10-11H2,(H,20,22). The van der Waals surface area contributed by atoms with Gasteiger partial charge in [0.05, 0.1) is 12.2 Å². The van der Waals surface area contributed by atoms with Gasteiger partial charge < -0.3 is 10.2 Å². The van der Waals surface area contributed by atoms with Crippen LogP contribution in [0.1, 0.15) is 12.1 Å². The molecule has 0 saturated carbocycles. The lowest BCUT2D eigenvalue weighted by molar-refractivity contribution is -0.132. The second-order valence-electron chi connectivity index (χ2n) is 5.35. The molecular weight excluding hydrogens is 297 g/mol. The van der Waals surface area contributed by atoms with Crippen molar-refractivity contribution in [2.45, 2.75) is 13.0 Å². The monoisotopic (exact) mass is 313 g/mol. The van der Waals surface area contributed by atoms with Crippen LogP contribution in [0.5, 0.6) is 0 Å². The summed E-state index contributed by atoms with van der Waals surface area (Å²) in [5.41, 5.74) is 1.35. The predicted octanol–water partition coefficient (Wildman–Crippen LogP) is 1.89. The van der Waals surface area contributed by atoms with Crippen molar-refractivity contribution < 1.29 is 14.0 Å². The minimum Gasteiger partial charge on any atom is -0.350 e. The first-order valence-corrected chi connectivity index (χ1v) is 7.40. The van der Waals surface area contributed by atoms with Gasteiger partial charge in [-0.3, -0.25) is 14.6 Å². The van der Waals surface area contributed by atoms with E-state index in [1.807, 2.05) is 12.1 Å². The summed E-state index contributed by atoms with van der Waals surface area (Å²) >= 11 is 0. The van der Waals surface area contributed by atoms with Crippen molar-refractivity contribution in [1.82, 2.24) is 10.3 Å². The number of anilines is 1. The Morgan fingerprint density at radius 1 is 1.26 bits per heavy atom. The van der Waals surface area contributed by atoms with E-state index in [9.17, 15) is 14.0 Å². The number of carbonyl (C=O) groups is 2. The predicted molar refractivity (Wildman–Crippen MR) is 82.9 cm³/mol. The van der Waals surface area contributed by atoms with E-state index < -0.39 is 5.92 Å². The lowest BCUT2D eigenvalue weighted by atomic mass is 10.1. The van der Waals surface area contributed by atoms with E-state index in [0.29, 0.717) is 25.2 Å². The maximum absolute atomic E-state index is 13.0. The lowest BCUT2D eigenvalue weighted by Gasteiger charge is -2.16. The summed E-state index contributed by atoms with van der Waals surface area (Å²) in [6, 6.07) is 11.1. The third-order valence-corrected chi connectivity index (χ3v) is 3.83. The molecule has 0 bridgehead atoms. The first-order chi connectivity index (χ1) is 11.1. The fourth-order valence-electron chi connectivity index (χ4n) is 2.60. The summed E-state index contributed by atoms with van der Waals surface area (Å²) in [4.78, 5) is 30.3. The van der Waals surface area contributed by atoms with Crippen molar-refractivity contribution in [3.8, 4) is 0 Å². The highest BCUT2D eigenvalue weighted by Crippen LogP contribution is 2.25. The largest absolute Gasteiger partial charge is 0.350 e. The number of hydrogen-bond acceptors (Lipinski definition) is 3. The number of carbonyl (C=O) groups excluding carboxylic acids is 2. The molecule has 0 spiro atoms. The van der Waals surface area contributed by atoms with Gasteiger partial charge in [0.1, 0.15) is 11.7 Å². The van der Waals surface area contributed by atoms with E-state index in [4.69, 9.17) is 0 Å². The van der Waals surface area contributed by atoms with E-state index in [1.54, 1.807) is 24.4 Å². The fourth-order valence-corrected chi connectivity index (χ4v) is 2.60. The number of benzene rings is 1. The van der Waals surface area contributed by atoms with E-state index in [-0.39, 0.29) is 17.6 Å². The van der Waals surface area contributed by atoms with Crippen molar-refractivity contribution in [2.75, 3.05) is 11.4 Å². The van der Waals surface area contributed by atoms with Gasteiger partial charge >= 0.3 is 0 Å². The van der Waals surface area contributed by atoms with E-state index in [2.05, 4.69) is 10.3 Å². The molecule has 3 rings (SSSR count). The number of nitrogens with zero attached hydrogens (tertiary/aromatic N) is 2. The summed E-state index contributed by atoms with van der Waals surface area (Å²) in [6.07, 6.45) is 2.10. The maximum Gasteiger partial charge on any atom is 0.239 e. The Bertz CT molecular complexity index is 704. The van der Waals surface area contributed by atoms with Crippen molar-refractivity contribution in [2.24, 2.45) is 5.92 Å². The van der Waals surface area contributed by atoms with Gasteiger partial charge in [0, 0.05) is 18.4 Å². The minimum absolute atomic E-state index is 0.255. The van der Waals surface area contributed by atoms with E-state index in [1.165, 1.54) is 17.0 Å². The Labute approximate surface area is 133 Å². The number of hydrogen-bond donors (Lipinski definition) is 1. The number of pyridine rings is 1. The second kappa shape index (κ2) is 6.56. The molecule has 23 heavy (non-hydrogen) atoms. The molecule has 1 aliphatic rings. The molecule has 1 fully saturated rings. The topological polar surface area (TPSA) is 62.3 Å². The molecule has 5 nitrogen and oxygen atoms in total. The van der Waals surface area contributed by atoms with Crippen LogP contribution in [0, 0.1) is 11.7 Å². The van der Waals surface area contributed by atoms with Gasteiger partial charge in [0.15, 0.2) is 0 Å². The quantitative estimate of drug-likeness (QED) is 0.877. The van der Waals surface area contributed by atoms with E-state index in [0.717, 1.165) is 5.69 Å². The van der Waals surface area contributed by atoms with Gasteiger partial charge in [0.2, 0.25) is 11.8 Å². The molecule has 2 heterocycles.